The molecule has 0 radical (unpaired) electrons. The van der Waals surface area contributed by atoms with Crippen LogP contribution < -0.4 is 26.7 Å². The first-order chi connectivity index (χ1) is 16.0. The molecule has 1 saturated heterocycles. The van der Waals surface area contributed by atoms with E-state index in [1.54, 1.807) is 24.3 Å². The van der Waals surface area contributed by atoms with E-state index >= 15 is 0 Å². The lowest BCUT2D eigenvalue weighted by Crippen LogP contribution is -2.45. The molecule has 1 aliphatic rings. The molecule has 1 aromatic heterocycles. The van der Waals surface area contributed by atoms with Crippen LogP contribution in [0.15, 0.2) is 35.1 Å². The number of aromatic nitrogens is 1. The molecule has 0 spiro atoms. The fourth-order valence-corrected chi connectivity index (χ4v) is 4.68. The first kappa shape index (κ1) is 26.4. The number of pyridine rings is 1. The van der Waals surface area contributed by atoms with Crippen LogP contribution in [0.5, 0.6) is 0 Å². The molecule has 0 aliphatic carbocycles. The molecule has 1 aliphatic heterocycles. The van der Waals surface area contributed by atoms with Crippen molar-refractivity contribution < 1.29 is 14.4 Å². The van der Waals surface area contributed by atoms with Crippen molar-refractivity contribution in [2.45, 2.75) is 38.3 Å². The number of nitrogens with one attached hydrogen (secondary N) is 5. The summed E-state index contributed by atoms with van der Waals surface area (Å²) in [6, 6.07) is 9.10. The van der Waals surface area contributed by atoms with E-state index in [1.807, 2.05) is 25.7 Å². The summed E-state index contributed by atoms with van der Waals surface area (Å²) in [6.07, 6.45) is 3.11. The van der Waals surface area contributed by atoms with Crippen LogP contribution in [0.4, 0.5) is 0 Å². The minimum Gasteiger partial charge on any atom is -0.354 e. The molecule has 2 heterocycles. The zero-order valence-electron chi connectivity index (χ0n) is 19.1. The number of carbonyl (C=O) groups is 3. The third-order valence-electron chi connectivity index (χ3n) is 5.21. The Kier molecular flexibility index (Phi) is 11.5. The molecule has 3 amide bonds. The van der Waals surface area contributed by atoms with Crippen molar-refractivity contribution in [3.63, 3.8) is 0 Å². The molecule has 0 saturated carbocycles. The molecule has 180 valence electrons. The Morgan fingerprint density at radius 1 is 1.15 bits per heavy atom. The van der Waals surface area contributed by atoms with E-state index in [2.05, 4.69) is 26.3 Å². The van der Waals surface area contributed by atoms with Gasteiger partial charge >= 0.3 is 0 Å². The molecule has 3 rings (SSSR count). The number of hydrogen-bond acceptors (Lipinski definition) is 6. The molecule has 10 heteroatoms. The number of rotatable bonds is 10. The highest BCUT2D eigenvalue weighted by molar-refractivity contribution is 7.99. The number of para-hydroxylation sites is 1. The summed E-state index contributed by atoms with van der Waals surface area (Å²) in [5.41, 5.74) is 0.640. The highest BCUT2D eigenvalue weighted by atomic mass is 32.2. The Morgan fingerprint density at radius 2 is 1.88 bits per heavy atom. The largest absolute Gasteiger partial charge is 0.354 e. The van der Waals surface area contributed by atoms with Gasteiger partial charge in [-0.25, -0.2) is 0 Å². The van der Waals surface area contributed by atoms with Gasteiger partial charge in [-0.1, -0.05) is 25.5 Å². The summed E-state index contributed by atoms with van der Waals surface area (Å²) in [6.45, 7) is 2.70. The summed E-state index contributed by atoms with van der Waals surface area (Å²) >= 11 is 1.87. The molecule has 9 nitrogen and oxygen atoms in total. The number of benzene rings is 1. The molecular formula is C23H33N5O4S. The molecule has 2 atom stereocenters. The standard InChI is InChI=1S/C17H21N3O3.C6H12N2OS/c1-2-3-8-16(22)18-9-10-19-17(23)14-11-15(21)12-6-4-5-7-13(12)20-14;1-7-5-2-10-3-6(5)8-4-9/h4-7,11H,2-3,8-10H2,1H3,(H,18,22)(H,19,23)(H,20,21);4-7H,2-3H2,1H3,(H,8,9). The topological polar surface area (TPSA) is 132 Å². The van der Waals surface area contributed by atoms with Gasteiger partial charge in [-0.2, -0.15) is 11.8 Å². The van der Waals surface area contributed by atoms with E-state index in [9.17, 15) is 19.2 Å². The summed E-state index contributed by atoms with van der Waals surface area (Å²) < 4.78 is 0. The minimum atomic E-state index is -0.365. The van der Waals surface area contributed by atoms with Gasteiger partial charge in [0, 0.05) is 54.0 Å². The Bertz CT molecular complexity index is 981. The summed E-state index contributed by atoms with van der Waals surface area (Å²) in [5.74, 6) is 1.75. The lowest BCUT2D eigenvalue weighted by Gasteiger charge is -2.16. The SMILES string of the molecule is CCCCC(=O)NCCNC(=O)c1cc(=O)c2ccccc2[nH]1.CNC1CSCC1NC=O. The van der Waals surface area contributed by atoms with Crippen LogP contribution in [-0.2, 0) is 9.59 Å². The van der Waals surface area contributed by atoms with Crippen molar-refractivity contribution in [1.29, 1.82) is 0 Å². The highest BCUT2D eigenvalue weighted by Crippen LogP contribution is 2.17. The van der Waals surface area contributed by atoms with Crippen LogP contribution in [0.25, 0.3) is 10.9 Å². The molecule has 33 heavy (non-hydrogen) atoms. The summed E-state index contributed by atoms with van der Waals surface area (Å²) in [7, 11) is 1.93. The first-order valence-corrected chi connectivity index (χ1v) is 12.3. The van der Waals surface area contributed by atoms with E-state index in [0.717, 1.165) is 30.8 Å². The van der Waals surface area contributed by atoms with E-state index < -0.39 is 0 Å². The van der Waals surface area contributed by atoms with Gasteiger partial charge in [0.25, 0.3) is 5.91 Å². The molecule has 1 fully saturated rings. The molecule has 1 aromatic carbocycles. The Labute approximate surface area is 197 Å². The lowest BCUT2D eigenvalue weighted by atomic mass is 10.2. The molecule has 2 unspecified atom stereocenters. The van der Waals surface area contributed by atoms with E-state index in [-0.39, 0.29) is 22.9 Å². The fraction of sp³-hybridized carbons (Fsp3) is 0.478. The average molecular weight is 476 g/mol. The number of aromatic amines is 1. The molecule has 0 bridgehead atoms. The van der Waals surface area contributed by atoms with E-state index in [4.69, 9.17) is 0 Å². The number of carbonyl (C=O) groups excluding carboxylic acids is 3. The van der Waals surface area contributed by atoms with Gasteiger partial charge in [-0.3, -0.25) is 19.2 Å². The van der Waals surface area contributed by atoms with Gasteiger partial charge in [0.15, 0.2) is 5.43 Å². The van der Waals surface area contributed by atoms with Crippen molar-refractivity contribution in [1.82, 2.24) is 26.3 Å². The van der Waals surface area contributed by atoms with Crippen LogP contribution in [0.3, 0.4) is 0 Å². The third kappa shape index (κ3) is 8.54. The average Bonchev–Trinajstić information content (AvgIpc) is 3.28. The maximum Gasteiger partial charge on any atom is 0.267 e. The molecule has 2 aromatic rings. The second-order valence-corrected chi connectivity index (χ2v) is 8.70. The second kappa shape index (κ2) is 14.3. The van der Waals surface area contributed by atoms with Crippen molar-refractivity contribution in [3.05, 3.63) is 46.2 Å². The Balaban J connectivity index is 0.000000321. The first-order valence-electron chi connectivity index (χ1n) is 11.1. The van der Waals surface area contributed by atoms with Crippen molar-refractivity contribution in [3.8, 4) is 0 Å². The van der Waals surface area contributed by atoms with Gasteiger partial charge in [0.1, 0.15) is 5.69 Å². The fourth-order valence-electron chi connectivity index (χ4n) is 3.31. The van der Waals surface area contributed by atoms with Gasteiger partial charge in [-0.05, 0) is 25.6 Å². The third-order valence-corrected chi connectivity index (χ3v) is 6.40. The van der Waals surface area contributed by atoms with Crippen LogP contribution in [0.1, 0.15) is 36.7 Å². The second-order valence-electron chi connectivity index (χ2n) is 7.63. The van der Waals surface area contributed by atoms with Crippen LogP contribution >= 0.6 is 11.8 Å². The maximum absolute atomic E-state index is 12.1. The van der Waals surface area contributed by atoms with Gasteiger partial charge in [-0.15, -0.1) is 0 Å². The Morgan fingerprint density at radius 3 is 2.61 bits per heavy atom. The van der Waals surface area contributed by atoms with Crippen LogP contribution in [-0.4, -0.2) is 66.9 Å². The summed E-state index contributed by atoms with van der Waals surface area (Å²) in [5, 5.41) is 11.9. The number of thioether (sulfide) groups is 1. The predicted octanol–water partition coefficient (Wildman–Crippen LogP) is 1.00. The number of hydrogen-bond donors (Lipinski definition) is 5. The zero-order valence-corrected chi connectivity index (χ0v) is 19.9. The number of amides is 3. The van der Waals surface area contributed by atoms with E-state index in [0.29, 0.717) is 42.5 Å². The monoisotopic (exact) mass is 475 g/mol. The van der Waals surface area contributed by atoms with Gasteiger partial charge in [0.05, 0.1) is 6.04 Å². The van der Waals surface area contributed by atoms with Crippen LogP contribution in [0, 0.1) is 0 Å². The van der Waals surface area contributed by atoms with Crippen molar-refractivity contribution in [2.24, 2.45) is 0 Å². The van der Waals surface area contributed by atoms with Gasteiger partial charge in [0.2, 0.25) is 12.3 Å². The minimum absolute atomic E-state index is 0.0137. The maximum atomic E-state index is 12.1. The predicted molar refractivity (Wildman–Crippen MR) is 133 cm³/mol. The van der Waals surface area contributed by atoms with Crippen molar-refractivity contribution in [2.75, 3.05) is 31.6 Å². The number of unbranched alkanes of at least 4 members (excludes halogenated alkanes) is 1. The number of H-pyrrole nitrogens is 1. The molecular weight excluding hydrogens is 442 g/mol. The van der Waals surface area contributed by atoms with Crippen LogP contribution in [0.2, 0.25) is 0 Å². The summed E-state index contributed by atoms with van der Waals surface area (Å²) in [4.78, 5) is 48.5. The number of fused-ring (bicyclic) bond motifs is 1. The zero-order chi connectivity index (χ0) is 24.1. The van der Waals surface area contributed by atoms with Crippen molar-refractivity contribution >= 4 is 40.9 Å². The highest BCUT2D eigenvalue weighted by Gasteiger charge is 2.25. The van der Waals surface area contributed by atoms with E-state index in [1.165, 1.54) is 6.07 Å². The quantitative estimate of drug-likeness (QED) is 0.257. The normalized spacial score (nSPS) is 17.0. The van der Waals surface area contributed by atoms with Gasteiger partial charge < -0.3 is 26.3 Å². The Hall–Kier alpha value is -2.85. The number of likely N-dealkylation sites (N-methyl/N-ethyl adjacent to an activating group) is 1. The smallest absolute Gasteiger partial charge is 0.267 e. The molecule has 5 N–H and O–H groups in total. The lowest BCUT2D eigenvalue weighted by molar-refractivity contribution is -0.121.